The molecule has 4 rings (SSSR count). The van der Waals surface area contributed by atoms with Crippen molar-refractivity contribution >= 4 is 16.8 Å². The molecule has 1 aliphatic rings. The van der Waals surface area contributed by atoms with Gasteiger partial charge < -0.3 is 5.32 Å². The highest BCUT2D eigenvalue weighted by Crippen LogP contribution is 2.42. The van der Waals surface area contributed by atoms with E-state index < -0.39 is 18.5 Å². The van der Waals surface area contributed by atoms with Crippen molar-refractivity contribution in [3.05, 3.63) is 72.1 Å². The van der Waals surface area contributed by atoms with Crippen LogP contribution in [0, 0.1) is 12.8 Å². The van der Waals surface area contributed by atoms with Crippen molar-refractivity contribution in [1.82, 2.24) is 24.9 Å². The highest BCUT2D eigenvalue weighted by molar-refractivity contribution is 5.83. The Morgan fingerprint density at radius 1 is 1.21 bits per heavy atom. The summed E-state index contributed by atoms with van der Waals surface area (Å²) in [4.78, 5) is 8.30. The van der Waals surface area contributed by atoms with Crippen LogP contribution < -0.4 is 5.32 Å². The normalized spacial score (nSPS) is 15.8. The Balaban J connectivity index is 1.50. The molecule has 5 nitrogen and oxygen atoms in total. The standard InChI is InChI=1S/C24H24F5N5/c1-14(19-12-31-22(33-16(19)3)4-6-24(27,28)29)18-5-7-34-21(8-18)20(13-32-34)15(2)30-11-17-9-23(25,26)10-17/h5,7-8,12-13,17,30H,1-2,4,6,9-11H2,3H3. The molecule has 1 saturated carbocycles. The molecule has 0 unspecified atom stereocenters. The highest BCUT2D eigenvalue weighted by Gasteiger charge is 2.44. The molecule has 3 aromatic heterocycles. The zero-order valence-electron chi connectivity index (χ0n) is 18.6. The highest BCUT2D eigenvalue weighted by atomic mass is 19.4. The number of nitrogens with one attached hydrogen (secondary N) is 1. The molecule has 1 fully saturated rings. The van der Waals surface area contributed by atoms with Gasteiger partial charge >= 0.3 is 6.18 Å². The summed E-state index contributed by atoms with van der Waals surface area (Å²) in [6, 6.07) is 3.68. The number of nitrogens with zero attached hydrogens (tertiary/aromatic N) is 4. The molecule has 3 aromatic rings. The van der Waals surface area contributed by atoms with Crippen LogP contribution in [0.1, 0.15) is 47.5 Å². The van der Waals surface area contributed by atoms with E-state index >= 15 is 0 Å². The quantitative estimate of drug-likeness (QED) is 0.430. The molecule has 0 saturated heterocycles. The molecular formula is C24H24F5N5. The summed E-state index contributed by atoms with van der Waals surface area (Å²) in [7, 11) is 0. The van der Waals surface area contributed by atoms with Crippen LogP contribution in [0.25, 0.3) is 16.8 Å². The summed E-state index contributed by atoms with van der Waals surface area (Å²) in [5.74, 6) is -2.52. The summed E-state index contributed by atoms with van der Waals surface area (Å²) in [6.45, 7) is 10.3. The van der Waals surface area contributed by atoms with E-state index in [4.69, 9.17) is 0 Å². The van der Waals surface area contributed by atoms with Crippen molar-refractivity contribution in [2.45, 2.75) is 44.7 Å². The number of fused-ring (bicyclic) bond motifs is 1. The van der Waals surface area contributed by atoms with E-state index in [0.717, 1.165) is 16.6 Å². The minimum atomic E-state index is -4.26. The molecule has 0 spiro atoms. The van der Waals surface area contributed by atoms with Gasteiger partial charge in [0.2, 0.25) is 5.92 Å². The zero-order chi connectivity index (χ0) is 24.7. The Kier molecular flexibility index (Phi) is 6.18. The molecule has 34 heavy (non-hydrogen) atoms. The van der Waals surface area contributed by atoms with Crippen LogP contribution in [0.5, 0.6) is 0 Å². The van der Waals surface area contributed by atoms with Gasteiger partial charge in [0.15, 0.2) is 0 Å². The number of aryl methyl sites for hydroxylation is 2. The van der Waals surface area contributed by atoms with E-state index in [0.29, 0.717) is 29.1 Å². The molecule has 0 aliphatic heterocycles. The molecule has 1 N–H and O–H groups in total. The lowest BCUT2D eigenvalue weighted by Crippen LogP contribution is -2.40. The third-order valence-electron chi connectivity index (χ3n) is 5.96. The number of rotatable bonds is 8. The van der Waals surface area contributed by atoms with Gasteiger partial charge in [0.25, 0.3) is 0 Å². The molecule has 10 heteroatoms. The minimum absolute atomic E-state index is 0.0917. The minimum Gasteiger partial charge on any atom is -0.385 e. The van der Waals surface area contributed by atoms with Gasteiger partial charge in [0.1, 0.15) is 5.82 Å². The first-order valence-electron chi connectivity index (χ1n) is 10.8. The molecule has 1 aliphatic carbocycles. The second-order valence-electron chi connectivity index (χ2n) is 8.67. The monoisotopic (exact) mass is 477 g/mol. The Hall–Kier alpha value is -3.30. The lowest BCUT2D eigenvalue weighted by Gasteiger charge is -2.35. The number of halogens is 5. The SMILES string of the molecule is C=C(c1ccn2ncc(C(=C)NCC3CC(F)(F)C3)c2c1)c1cnc(CCC(F)(F)F)nc1C. The number of pyridine rings is 1. The van der Waals surface area contributed by atoms with Crippen LogP contribution in [-0.2, 0) is 6.42 Å². The van der Waals surface area contributed by atoms with E-state index in [2.05, 4.69) is 33.5 Å². The number of alkyl halides is 5. The third-order valence-corrected chi connectivity index (χ3v) is 5.96. The second kappa shape index (κ2) is 8.81. The maximum atomic E-state index is 13.1. The predicted molar refractivity (Wildman–Crippen MR) is 119 cm³/mol. The Morgan fingerprint density at radius 2 is 1.94 bits per heavy atom. The predicted octanol–water partition coefficient (Wildman–Crippen LogP) is 5.59. The Labute approximate surface area is 193 Å². The van der Waals surface area contributed by atoms with Gasteiger partial charge in [0.05, 0.1) is 18.1 Å². The average molecular weight is 477 g/mol. The van der Waals surface area contributed by atoms with Gasteiger partial charge in [-0.25, -0.2) is 23.3 Å². The van der Waals surface area contributed by atoms with Crippen molar-refractivity contribution in [2.24, 2.45) is 5.92 Å². The largest absolute Gasteiger partial charge is 0.389 e. The summed E-state index contributed by atoms with van der Waals surface area (Å²) >= 11 is 0. The molecular weight excluding hydrogens is 453 g/mol. The van der Waals surface area contributed by atoms with Crippen molar-refractivity contribution < 1.29 is 22.0 Å². The fraction of sp³-hybridized carbons (Fsp3) is 0.375. The summed E-state index contributed by atoms with van der Waals surface area (Å²) in [6.07, 6.45) is -0.870. The first-order valence-corrected chi connectivity index (χ1v) is 10.8. The molecule has 0 aromatic carbocycles. The molecule has 0 atom stereocenters. The van der Waals surface area contributed by atoms with Crippen LogP contribution in [0.15, 0.2) is 43.9 Å². The number of hydrogen-bond acceptors (Lipinski definition) is 4. The zero-order valence-corrected chi connectivity index (χ0v) is 18.6. The van der Waals surface area contributed by atoms with Crippen molar-refractivity contribution in [1.29, 1.82) is 0 Å². The van der Waals surface area contributed by atoms with Gasteiger partial charge in [-0.1, -0.05) is 13.2 Å². The van der Waals surface area contributed by atoms with Crippen LogP contribution in [0.2, 0.25) is 0 Å². The lowest BCUT2D eigenvalue weighted by atomic mass is 9.81. The van der Waals surface area contributed by atoms with Crippen molar-refractivity contribution in [3.63, 3.8) is 0 Å². The number of hydrogen-bond donors (Lipinski definition) is 1. The fourth-order valence-corrected chi connectivity index (χ4v) is 4.03. The van der Waals surface area contributed by atoms with E-state index in [1.54, 1.807) is 23.8 Å². The summed E-state index contributed by atoms with van der Waals surface area (Å²) < 4.78 is 65.2. The van der Waals surface area contributed by atoms with Gasteiger partial charge in [-0.15, -0.1) is 0 Å². The average Bonchev–Trinajstić information content (AvgIpc) is 3.17. The maximum Gasteiger partial charge on any atom is 0.389 e. The second-order valence-corrected chi connectivity index (χ2v) is 8.67. The van der Waals surface area contributed by atoms with E-state index in [-0.39, 0.29) is 31.0 Å². The molecule has 3 heterocycles. The maximum absolute atomic E-state index is 13.1. The lowest BCUT2D eigenvalue weighted by molar-refractivity contribution is -0.134. The molecule has 180 valence electrons. The van der Waals surface area contributed by atoms with Crippen LogP contribution in [0.4, 0.5) is 22.0 Å². The summed E-state index contributed by atoms with van der Waals surface area (Å²) in [5, 5.41) is 7.45. The van der Waals surface area contributed by atoms with E-state index in [1.807, 2.05) is 12.1 Å². The topological polar surface area (TPSA) is 55.1 Å². The van der Waals surface area contributed by atoms with Crippen LogP contribution >= 0.6 is 0 Å². The third kappa shape index (κ3) is 5.26. The van der Waals surface area contributed by atoms with Crippen LogP contribution in [-0.4, -0.2) is 38.2 Å². The van der Waals surface area contributed by atoms with Crippen molar-refractivity contribution in [3.8, 4) is 0 Å². The smallest absolute Gasteiger partial charge is 0.385 e. The van der Waals surface area contributed by atoms with Gasteiger partial charge in [-0.2, -0.15) is 18.3 Å². The first kappa shape index (κ1) is 23.8. The number of aromatic nitrogens is 4. The van der Waals surface area contributed by atoms with Crippen molar-refractivity contribution in [2.75, 3.05) is 6.54 Å². The molecule has 0 bridgehead atoms. The fourth-order valence-electron chi connectivity index (χ4n) is 4.03. The molecule has 0 radical (unpaired) electrons. The van der Waals surface area contributed by atoms with Crippen LogP contribution in [0.3, 0.4) is 0 Å². The summed E-state index contributed by atoms with van der Waals surface area (Å²) in [5.41, 5.74) is 4.60. The van der Waals surface area contributed by atoms with E-state index in [9.17, 15) is 22.0 Å². The van der Waals surface area contributed by atoms with Gasteiger partial charge in [-0.3, -0.25) is 0 Å². The van der Waals surface area contributed by atoms with Gasteiger partial charge in [0, 0.05) is 60.7 Å². The van der Waals surface area contributed by atoms with Gasteiger partial charge in [-0.05, 0) is 36.1 Å². The Morgan fingerprint density at radius 3 is 2.59 bits per heavy atom. The first-order chi connectivity index (χ1) is 15.9. The molecule has 0 amide bonds. The van der Waals surface area contributed by atoms with E-state index in [1.165, 1.54) is 6.20 Å². The Bertz CT molecular complexity index is 1240.